The zero-order valence-corrected chi connectivity index (χ0v) is 21.6. The van der Waals surface area contributed by atoms with Crippen LogP contribution in [-0.4, -0.2) is 86.7 Å². The van der Waals surface area contributed by atoms with Gasteiger partial charge in [0.25, 0.3) is 5.78 Å². The minimum absolute atomic E-state index is 0.0598. The first-order chi connectivity index (χ1) is 19.0. The van der Waals surface area contributed by atoms with Crippen molar-refractivity contribution in [1.29, 1.82) is 0 Å². The van der Waals surface area contributed by atoms with Crippen molar-refractivity contribution in [2.75, 3.05) is 54.9 Å². The number of furan rings is 1. The molecule has 39 heavy (non-hydrogen) atoms. The van der Waals surface area contributed by atoms with Crippen LogP contribution >= 0.6 is 0 Å². The maximum absolute atomic E-state index is 13.6. The summed E-state index contributed by atoms with van der Waals surface area (Å²) in [6.45, 7) is 5.37. The second-order valence-corrected chi connectivity index (χ2v) is 9.44. The molecule has 0 aliphatic carbocycles. The van der Waals surface area contributed by atoms with E-state index >= 15 is 0 Å². The Hall–Kier alpha value is -4.68. The van der Waals surface area contributed by atoms with Crippen LogP contribution in [0.3, 0.4) is 0 Å². The summed E-state index contributed by atoms with van der Waals surface area (Å²) in [4.78, 5) is 45.0. The van der Waals surface area contributed by atoms with Crippen LogP contribution in [-0.2, 0) is 9.53 Å². The number of fused-ring (bicyclic) bond motifs is 1. The van der Waals surface area contributed by atoms with Gasteiger partial charge in [-0.1, -0.05) is 0 Å². The zero-order valence-electron chi connectivity index (χ0n) is 21.6. The van der Waals surface area contributed by atoms with Crippen LogP contribution < -0.4 is 15.5 Å². The fourth-order valence-electron chi connectivity index (χ4n) is 5.11. The molecule has 1 atom stereocenters. The molecule has 0 unspecified atom stereocenters. The van der Waals surface area contributed by atoms with E-state index in [9.17, 15) is 9.59 Å². The van der Waals surface area contributed by atoms with Gasteiger partial charge in [0.05, 0.1) is 18.4 Å². The topological polar surface area (TPSA) is 148 Å². The molecule has 2 saturated heterocycles. The fourth-order valence-corrected chi connectivity index (χ4v) is 5.11. The van der Waals surface area contributed by atoms with Gasteiger partial charge in [-0.05, 0) is 56.2 Å². The van der Waals surface area contributed by atoms with Crippen molar-refractivity contribution < 1.29 is 18.7 Å². The molecule has 2 aliphatic heterocycles. The van der Waals surface area contributed by atoms with Crippen molar-refractivity contribution in [2.45, 2.75) is 25.8 Å². The van der Waals surface area contributed by atoms with Gasteiger partial charge in [0.2, 0.25) is 23.6 Å². The smallest absolute Gasteiger partial charge is 0.338 e. The number of rotatable bonds is 6. The van der Waals surface area contributed by atoms with E-state index in [1.54, 1.807) is 37.5 Å². The van der Waals surface area contributed by atoms with Crippen molar-refractivity contribution in [2.24, 2.45) is 0 Å². The van der Waals surface area contributed by atoms with Crippen molar-refractivity contribution in [3.8, 4) is 11.6 Å². The Bertz CT molecular complexity index is 1480. The lowest BCUT2D eigenvalue weighted by atomic mass is 10.1. The number of nitrogen functional groups attached to an aromatic ring is 1. The molecule has 6 rings (SSSR count). The summed E-state index contributed by atoms with van der Waals surface area (Å²) in [5.41, 5.74) is 7.73. The molecule has 2 aliphatic rings. The first-order valence-corrected chi connectivity index (χ1v) is 13.0. The largest absolute Gasteiger partial charge is 0.462 e. The number of amides is 1. The molecule has 0 bridgehead atoms. The first kappa shape index (κ1) is 24.6. The number of anilines is 3. The number of aromatic nitrogens is 5. The number of esters is 1. The van der Waals surface area contributed by atoms with E-state index < -0.39 is 0 Å². The van der Waals surface area contributed by atoms with Crippen molar-refractivity contribution in [3.05, 3.63) is 48.2 Å². The van der Waals surface area contributed by atoms with Crippen LogP contribution in [0.2, 0.25) is 0 Å². The second kappa shape index (κ2) is 10.2. The summed E-state index contributed by atoms with van der Waals surface area (Å²) in [6.07, 6.45) is 3.11. The van der Waals surface area contributed by atoms with Gasteiger partial charge in [-0.2, -0.15) is 19.5 Å². The van der Waals surface area contributed by atoms with E-state index in [0.717, 1.165) is 12.1 Å². The minimum atomic E-state index is -0.366. The summed E-state index contributed by atoms with van der Waals surface area (Å²) in [5.74, 6) is 1.41. The summed E-state index contributed by atoms with van der Waals surface area (Å²) in [6, 6.07) is 10.5. The SMILES string of the molecule is CCOC(=O)c1ccc(N2CCN(C(=O)[C@@H]3CCCN3c3nc(N)n4nc(-c5ccco5)nc4n3)CC2)cc1. The molecule has 5 heterocycles. The van der Waals surface area contributed by atoms with Gasteiger partial charge in [0.15, 0.2) is 5.76 Å². The van der Waals surface area contributed by atoms with Gasteiger partial charge in [0, 0.05) is 38.4 Å². The Morgan fingerprint density at radius 2 is 1.85 bits per heavy atom. The van der Waals surface area contributed by atoms with E-state index in [1.807, 2.05) is 21.9 Å². The highest BCUT2D eigenvalue weighted by Gasteiger charge is 2.37. The van der Waals surface area contributed by atoms with Crippen molar-refractivity contribution in [1.82, 2.24) is 29.5 Å². The Morgan fingerprint density at radius 3 is 2.56 bits per heavy atom. The Labute approximate surface area is 224 Å². The summed E-state index contributed by atoms with van der Waals surface area (Å²) in [7, 11) is 0. The maximum atomic E-state index is 13.6. The number of piperazine rings is 1. The third-order valence-electron chi connectivity index (χ3n) is 7.09. The lowest BCUT2D eigenvalue weighted by Gasteiger charge is -2.38. The van der Waals surface area contributed by atoms with Gasteiger partial charge >= 0.3 is 5.97 Å². The van der Waals surface area contributed by atoms with Crippen molar-refractivity contribution >= 4 is 35.2 Å². The average molecular weight is 532 g/mol. The molecule has 1 aromatic carbocycles. The Balaban J connectivity index is 1.13. The summed E-state index contributed by atoms with van der Waals surface area (Å²) in [5, 5.41) is 4.34. The highest BCUT2D eigenvalue weighted by Crippen LogP contribution is 2.27. The number of nitrogens with two attached hydrogens (primary N) is 1. The predicted octanol–water partition coefficient (Wildman–Crippen LogP) is 1.86. The van der Waals surface area contributed by atoms with Crippen molar-refractivity contribution in [3.63, 3.8) is 0 Å². The Kier molecular flexibility index (Phi) is 6.47. The molecular weight excluding hydrogens is 502 g/mol. The molecule has 0 spiro atoms. The van der Waals surface area contributed by atoms with Crippen LogP contribution in [0.15, 0.2) is 47.1 Å². The number of carbonyl (C=O) groups is 2. The number of nitrogens with zero attached hydrogens (tertiary/aromatic N) is 8. The van der Waals surface area contributed by atoms with Crippen LogP contribution in [0.1, 0.15) is 30.1 Å². The molecule has 4 aromatic rings. The predicted molar refractivity (Wildman–Crippen MR) is 142 cm³/mol. The van der Waals surface area contributed by atoms with E-state index in [0.29, 0.717) is 74.6 Å². The highest BCUT2D eigenvalue weighted by molar-refractivity contribution is 5.90. The van der Waals surface area contributed by atoms with Gasteiger partial charge in [-0.15, -0.1) is 5.10 Å². The van der Waals surface area contributed by atoms with E-state index in [1.165, 1.54) is 4.52 Å². The lowest BCUT2D eigenvalue weighted by Crippen LogP contribution is -2.54. The van der Waals surface area contributed by atoms with E-state index in [2.05, 4.69) is 25.0 Å². The normalized spacial score (nSPS) is 17.7. The molecule has 0 saturated carbocycles. The number of ether oxygens (including phenoxy) is 1. The van der Waals surface area contributed by atoms with Crippen LogP contribution in [0.5, 0.6) is 0 Å². The second-order valence-electron chi connectivity index (χ2n) is 9.44. The quantitative estimate of drug-likeness (QED) is 0.363. The minimum Gasteiger partial charge on any atom is -0.462 e. The van der Waals surface area contributed by atoms with Crippen LogP contribution in [0.4, 0.5) is 17.6 Å². The third kappa shape index (κ3) is 4.71. The first-order valence-electron chi connectivity index (χ1n) is 13.0. The third-order valence-corrected chi connectivity index (χ3v) is 7.09. The number of hydrogen-bond donors (Lipinski definition) is 1. The van der Waals surface area contributed by atoms with Gasteiger partial charge < -0.3 is 29.6 Å². The molecule has 202 valence electrons. The van der Waals surface area contributed by atoms with Gasteiger partial charge in [-0.3, -0.25) is 4.79 Å². The standard InChI is InChI=1S/C26H29N9O4/c1-2-38-23(37)17-7-9-18(10-8-17)32-12-14-33(15-13-32)22(36)19-5-3-11-34(19)25-29-24(27)35-26(30-25)28-21(31-35)20-6-4-16-39-20/h4,6-10,16,19H,2-3,5,11-15H2,1H3,(H2,27,28,29,30,31)/t19-/m0/s1. The fraction of sp³-hybridized carbons (Fsp3) is 0.385. The molecule has 2 N–H and O–H groups in total. The molecular formula is C26H29N9O4. The zero-order chi connectivity index (χ0) is 26.9. The van der Waals surface area contributed by atoms with E-state index in [-0.39, 0.29) is 23.9 Å². The maximum Gasteiger partial charge on any atom is 0.338 e. The molecule has 13 heteroatoms. The molecule has 2 fully saturated rings. The lowest BCUT2D eigenvalue weighted by molar-refractivity contribution is -0.132. The Morgan fingerprint density at radius 1 is 1.05 bits per heavy atom. The number of benzene rings is 1. The summed E-state index contributed by atoms with van der Waals surface area (Å²) < 4.78 is 11.8. The summed E-state index contributed by atoms with van der Waals surface area (Å²) >= 11 is 0. The van der Waals surface area contributed by atoms with E-state index in [4.69, 9.17) is 14.9 Å². The molecule has 3 aromatic heterocycles. The number of hydrogen-bond acceptors (Lipinski definition) is 11. The molecule has 13 nitrogen and oxygen atoms in total. The monoisotopic (exact) mass is 531 g/mol. The van der Waals surface area contributed by atoms with Gasteiger partial charge in [-0.25, -0.2) is 4.79 Å². The highest BCUT2D eigenvalue weighted by atomic mass is 16.5. The number of carbonyl (C=O) groups excluding carboxylic acids is 2. The van der Waals surface area contributed by atoms with Gasteiger partial charge in [0.1, 0.15) is 6.04 Å². The van der Waals surface area contributed by atoms with Crippen LogP contribution in [0, 0.1) is 0 Å². The molecule has 0 radical (unpaired) electrons. The van der Waals surface area contributed by atoms with Crippen LogP contribution in [0.25, 0.3) is 17.4 Å². The average Bonchev–Trinajstić information content (AvgIpc) is 3.74. The molecule has 1 amide bonds.